The maximum Gasteiger partial charge on any atom is 0.294 e. The molecule has 2 heterocycles. The molecule has 2 aliphatic rings. The number of ether oxygens (including phenoxy) is 3. The predicted octanol–water partition coefficient (Wildman–Crippen LogP) is 0.0934. The first kappa shape index (κ1) is 11.5. The van der Waals surface area contributed by atoms with Crippen molar-refractivity contribution < 1.29 is 24.1 Å². The normalized spacial score (nSPS) is 36.8. The summed E-state index contributed by atoms with van der Waals surface area (Å²) < 4.78 is 16.1. The molecule has 0 aliphatic carbocycles. The van der Waals surface area contributed by atoms with Crippen molar-refractivity contribution in [2.45, 2.75) is 31.3 Å². The average Bonchev–Trinajstić information content (AvgIpc) is 2.70. The number of hydrogen-bond donors (Lipinski definition) is 0. The number of thiocarbonyl (C=S) groups is 1. The van der Waals surface area contributed by atoms with Gasteiger partial charge in [-0.2, -0.15) is 0 Å². The van der Waals surface area contributed by atoms with Crippen LogP contribution in [0.15, 0.2) is 0 Å². The van der Waals surface area contributed by atoms with E-state index in [2.05, 4.69) is 4.84 Å². The van der Waals surface area contributed by atoms with E-state index in [1.807, 2.05) is 0 Å². The minimum atomic E-state index is -0.835. The molecule has 16 heavy (non-hydrogen) atoms. The molecule has 8 heteroatoms. The molecule has 0 bridgehead atoms. The van der Waals surface area contributed by atoms with E-state index in [4.69, 9.17) is 26.4 Å². The predicted molar refractivity (Wildman–Crippen MR) is 54.5 cm³/mol. The summed E-state index contributed by atoms with van der Waals surface area (Å²) in [7, 11) is 0. The summed E-state index contributed by atoms with van der Waals surface area (Å²) in [5, 5.41) is 9.79. The molecule has 2 rings (SSSR count). The first-order valence-electron chi connectivity index (χ1n) is 4.79. The molecule has 0 aromatic carbocycles. The van der Waals surface area contributed by atoms with Crippen LogP contribution in [0.5, 0.6) is 0 Å². The molecule has 0 amide bonds. The van der Waals surface area contributed by atoms with E-state index in [0.29, 0.717) is 11.7 Å². The number of fused-ring (bicyclic) bond motifs is 1. The van der Waals surface area contributed by atoms with Crippen molar-refractivity contribution in [3.63, 3.8) is 0 Å². The van der Waals surface area contributed by atoms with E-state index in [-0.39, 0.29) is 18.8 Å². The van der Waals surface area contributed by atoms with Gasteiger partial charge in [0, 0.05) is 6.92 Å². The second-order valence-corrected chi connectivity index (χ2v) is 4.19. The van der Waals surface area contributed by atoms with Crippen molar-refractivity contribution >= 4 is 17.3 Å². The Bertz CT molecular complexity index is 281. The summed E-state index contributed by atoms with van der Waals surface area (Å²) in [6, 6.07) is 0. The molecule has 4 atom stereocenters. The summed E-state index contributed by atoms with van der Waals surface area (Å²) in [4.78, 5) is 14.7. The lowest BCUT2D eigenvalue weighted by Crippen LogP contribution is -2.35. The van der Waals surface area contributed by atoms with Crippen LogP contribution in [0.25, 0.3) is 0 Å². The van der Waals surface area contributed by atoms with Crippen molar-refractivity contribution in [2.24, 2.45) is 0 Å². The zero-order chi connectivity index (χ0) is 11.7. The minimum absolute atomic E-state index is 0.132. The molecular formula is C8H11NO6S. The lowest BCUT2D eigenvalue weighted by Gasteiger charge is -2.16. The van der Waals surface area contributed by atoms with Crippen LogP contribution in [0.1, 0.15) is 6.92 Å². The largest absolute Gasteiger partial charge is 0.479 e. The fraction of sp³-hybridized carbons (Fsp3) is 0.875. The lowest BCUT2D eigenvalue weighted by atomic mass is 10.1. The molecule has 2 aliphatic heterocycles. The van der Waals surface area contributed by atoms with Crippen LogP contribution in [0.4, 0.5) is 0 Å². The topological polar surface area (TPSA) is 80.1 Å². The summed E-state index contributed by atoms with van der Waals surface area (Å²) >= 11 is 4.82. The zero-order valence-electron chi connectivity index (χ0n) is 8.53. The van der Waals surface area contributed by atoms with Crippen LogP contribution < -0.4 is 0 Å². The summed E-state index contributed by atoms with van der Waals surface area (Å²) in [5.74, 6) is 0. The van der Waals surface area contributed by atoms with Gasteiger partial charge in [-0.25, -0.2) is 0 Å². The number of rotatable bonds is 3. The lowest BCUT2D eigenvalue weighted by molar-refractivity contribution is -0.769. The van der Waals surface area contributed by atoms with Crippen molar-refractivity contribution in [1.82, 2.24) is 0 Å². The molecule has 7 nitrogen and oxygen atoms in total. The van der Waals surface area contributed by atoms with Gasteiger partial charge in [-0.1, -0.05) is 0 Å². The molecule has 0 radical (unpaired) electrons. The summed E-state index contributed by atoms with van der Waals surface area (Å²) in [6.45, 7) is 2.09. The van der Waals surface area contributed by atoms with Gasteiger partial charge >= 0.3 is 0 Å². The Morgan fingerprint density at radius 1 is 1.38 bits per heavy atom. The van der Waals surface area contributed by atoms with Gasteiger partial charge in [0.25, 0.3) is 5.09 Å². The van der Waals surface area contributed by atoms with Gasteiger partial charge in [-0.15, -0.1) is 10.1 Å². The highest BCUT2D eigenvalue weighted by molar-refractivity contribution is 7.80. The Balaban J connectivity index is 1.95. The van der Waals surface area contributed by atoms with Crippen molar-refractivity contribution in [3.05, 3.63) is 10.1 Å². The van der Waals surface area contributed by atoms with E-state index >= 15 is 0 Å². The highest BCUT2D eigenvalue weighted by Gasteiger charge is 2.50. The smallest absolute Gasteiger partial charge is 0.294 e. The van der Waals surface area contributed by atoms with E-state index < -0.39 is 17.3 Å². The molecule has 2 fully saturated rings. The number of nitrogens with zero attached hydrogens (tertiary/aromatic N) is 1. The zero-order valence-corrected chi connectivity index (χ0v) is 9.35. The average molecular weight is 249 g/mol. The van der Waals surface area contributed by atoms with E-state index in [1.54, 1.807) is 6.92 Å². The summed E-state index contributed by atoms with van der Waals surface area (Å²) in [6.07, 6.45) is -1.78. The highest BCUT2D eigenvalue weighted by atomic mass is 32.1. The SMILES string of the molecule is CC(=S)O[C@H]1CO[C@H]2[C@@H]1OC[C@H]2O[N+](=O)[O-]. The molecule has 90 valence electrons. The Kier molecular flexibility index (Phi) is 3.22. The molecule has 0 spiro atoms. The third-order valence-corrected chi connectivity index (χ3v) is 2.60. The fourth-order valence-corrected chi connectivity index (χ4v) is 2.07. The van der Waals surface area contributed by atoms with Crippen molar-refractivity contribution in [3.8, 4) is 0 Å². The molecule has 0 saturated carbocycles. The van der Waals surface area contributed by atoms with E-state index in [9.17, 15) is 10.1 Å². The van der Waals surface area contributed by atoms with Gasteiger partial charge in [-0.05, 0) is 12.2 Å². The van der Waals surface area contributed by atoms with Crippen LogP contribution in [0.2, 0.25) is 0 Å². The Morgan fingerprint density at radius 3 is 2.50 bits per heavy atom. The number of hydrogen-bond acceptors (Lipinski definition) is 7. The standard InChI is InChI=1S/C8H11NO6S/c1-4(16)14-5-2-12-8-6(15-9(10)11)3-13-7(5)8/h5-8H,2-3H2,1H3/t5-,6+,7+,8+/m0/s1. The quantitative estimate of drug-likeness (QED) is 0.398. The molecule has 0 unspecified atom stereocenters. The van der Waals surface area contributed by atoms with Crippen LogP contribution in [-0.2, 0) is 19.0 Å². The van der Waals surface area contributed by atoms with E-state index in [1.165, 1.54) is 0 Å². The van der Waals surface area contributed by atoms with Gasteiger partial charge in [-0.3, -0.25) is 0 Å². The second kappa shape index (κ2) is 4.48. The van der Waals surface area contributed by atoms with Crippen LogP contribution >= 0.6 is 12.2 Å². The molecule has 0 N–H and O–H groups in total. The molecule has 0 aromatic heterocycles. The van der Waals surface area contributed by atoms with Crippen LogP contribution in [0.3, 0.4) is 0 Å². The molecular weight excluding hydrogens is 238 g/mol. The summed E-state index contributed by atoms with van der Waals surface area (Å²) in [5.41, 5.74) is 0. The Morgan fingerprint density at radius 2 is 1.94 bits per heavy atom. The Labute approximate surface area is 96.7 Å². The fourth-order valence-electron chi connectivity index (χ4n) is 1.94. The van der Waals surface area contributed by atoms with Gasteiger partial charge in [0.1, 0.15) is 12.2 Å². The van der Waals surface area contributed by atoms with Crippen LogP contribution in [0, 0.1) is 10.1 Å². The van der Waals surface area contributed by atoms with Gasteiger partial charge in [0.15, 0.2) is 17.3 Å². The molecule has 2 saturated heterocycles. The van der Waals surface area contributed by atoms with E-state index in [0.717, 1.165) is 0 Å². The van der Waals surface area contributed by atoms with Gasteiger partial charge in [0.05, 0.1) is 13.2 Å². The first-order chi connectivity index (χ1) is 7.58. The minimum Gasteiger partial charge on any atom is -0.479 e. The first-order valence-corrected chi connectivity index (χ1v) is 5.20. The van der Waals surface area contributed by atoms with Gasteiger partial charge in [0.2, 0.25) is 0 Å². The highest BCUT2D eigenvalue weighted by Crippen LogP contribution is 2.30. The van der Waals surface area contributed by atoms with Crippen molar-refractivity contribution in [2.75, 3.05) is 13.2 Å². The third-order valence-electron chi connectivity index (χ3n) is 2.50. The van der Waals surface area contributed by atoms with Crippen LogP contribution in [-0.4, -0.2) is 47.8 Å². The van der Waals surface area contributed by atoms with Crippen molar-refractivity contribution in [1.29, 1.82) is 0 Å². The monoisotopic (exact) mass is 249 g/mol. The maximum atomic E-state index is 10.2. The third kappa shape index (κ3) is 2.23. The second-order valence-electron chi connectivity index (χ2n) is 3.61. The van der Waals surface area contributed by atoms with Gasteiger partial charge < -0.3 is 19.0 Å². The molecule has 0 aromatic rings. The Hall–Kier alpha value is -0.990. The maximum absolute atomic E-state index is 10.2.